The number of pyridine rings is 1. The van der Waals surface area contributed by atoms with E-state index in [1.54, 1.807) is 11.4 Å². The highest BCUT2D eigenvalue weighted by molar-refractivity contribution is 7.07. The van der Waals surface area contributed by atoms with Crippen molar-refractivity contribution in [1.29, 1.82) is 0 Å². The quantitative estimate of drug-likeness (QED) is 0.490. The number of anilines is 1. The molecule has 0 spiro atoms. The number of hydrogen-bond acceptors (Lipinski definition) is 6. The van der Waals surface area contributed by atoms with E-state index in [1.165, 1.54) is 6.07 Å². The molecule has 5 N–H and O–H groups in total. The van der Waals surface area contributed by atoms with Crippen LogP contribution in [0, 0.1) is 0 Å². The van der Waals surface area contributed by atoms with E-state index in [2.05, 4.69) is 20.7 Å². The smallest absolute Gasteiger partial charge is 0.304 e. The van der Waals surface area contributed by atoms with Gasteiger partial charge in [0.2, 0.25) is 0 Å². The van der Waals surface area contributed by atoms with Crippen LogP contribution in [0.1, 0.15) is 16.2 Å². The minimum atomic E-state index is -0.450. The number of halogens is 1. The minimum absolute atomic E-state index is 0.0645. The van der Waals surface area contributed by atoms with Crippen molar-refractivity contribution < 1.29 is 4.79 Å². The summed E-state index contributed by atoms with van der Waals surface area (Å²) in [6.45, 7) is 0.190. The van der Waals surface area contributed by atoms with Crippen LogP contribution in [0.5, 0.6) is 0 Å². The van der Waals surface area contributed by atoms with Gasteiger partial charge in [0.1, 0.15) is 11.5 Å². The number of H-pyrrole nitrogens is 1. The number of carbonyl (C=O) groups excluding carboxylic acids is 1. The van der Waals surface area contributed by atoms with Crippen LogP contribution in [-0.4, -0.2) is 15.9 Å². The Bertz CT molecular complexity index is 653. The van der Waals surface area contributed by atoms with Crippen molar-refractivity contribution >= 4 is 34.7 Å². The predicted octanol–water partition coefficient (Wildman–Crippen LogP) is 0.700. The third kappa shape index (κ3) is 3.31. The molecule has 0 unspecified atom stereocenters. The summed E-state index contributed by atoms with van der Waals surface area (Å²) in [5, 5.41) is 4.46. The Kier molecular flexibility index (Phi) is 4.15. The molecule has 0 aliphatic carbocycles. The molecule has 0 aliphatic heterocycles. The number of hydrazine groups is 1. The summed E-state index contributed by atoms with van der Waals surface area (Å²) in [6, 6.07) is 3.07. The maximum Gasteiger partial charge on any atom is 0.304 e. The monoisotopic (exact) mass is 299 g/mol. The molecular formula is C10H10ClN5O2S. The van der Waals surface area contributed by atoms with Crippen molar-refractivity contribution in [1.82, 2.24) is 15.3 Å². The second kappa shape index (κ2) is 5.83. The fourth-order valence-corrected chi connectivity index (χ4v) is 2.11. The lowest BCUT2D eigenvalue weighted by atomic mass is 10.3. The van der Waals surface area contributed by atoms with Gasteiger partial charge < -0.3 is 15.7 Å². The number of hydrogen-bond donors (Lipinski definition) is 4. The number of nitrogens with two attached hydrogens (primary N) is 1. The Hall–Kier alpha value is -1.90. The standard InChI is InChI=1S/C10H10ClN5O2S/c11-6-1-2-7(16-12)15-8(6)9(17)13-3-5-4-19-10(18)14-5/h1-2,4H,3,12H2,(H,13,17)(H,14,18)(H,15,16). The lowest BCUT2D eigenvalue weighted by molar-refractivity contribution is 0.0946. The molecule has 0 bridgehead atoms. The highest BCUT2D eigenvalue weighted by Crippen LogP contribution is 2.16. The zero-order valence-corrected chi connectivity index (χ0v) is 11.1. The lowest BCUT2D eigenvalue weighted by Gasteiger charge is -2.06. The molecular weight excluding hydrogens is 290 g/mol. The molecule has 2 heterocycles. The van der Waals surface area contributed by atoms with Crippen molar-refractivity contribution in [3.8, 4) is 0 Å². The summed E-state index contributed by atoms with van der Waals surface area (Å²) in [5.74, 6) is 5.09. The van der Waals surface area contributed by atoms with Crippen molar-refractivity contribution in [2.24, 2.45) is 5.84 Å². The fourth-order valence-electron chi connectivity index (χ4n) is 1.34. The number of thiazole rings is 1. The molecule has 2 aromatic rings. The van der Waals surface area contributed by atoms with Crippen LogP contribution in [0.3, 0.4) is 0 Å². The molecule has 0 aliphatic rings. The first-order valence-electron chi connectivity index (χ1n) is 5.18. The number of nitrogens with zero attached hydrogens (tertiary/aromatic N) is 1. The molecule has 9 heteroatoms. The summed E-state index contributed by atoms with van der Waals surface area (Å²) in [6.07, 6.45) is 0. The topological polar surface area (TPSA) is 113 Å². The first-order chi connectivity index (χ1) is 9.10. The van der Waals surface area contributed by atoms with Gasteiger partial charge in [-0.25, -0.2) is 10.8 Å². The van der Waals surface area contributed by atoms with E-state index in [9.17, 15) is 9.59 Å². The predicted molar refractivity (Wildman–Crippen MR) is 73.2 cm³/mol. The Labute approximate surface area is 116 Å². The van der Waals surface area contributed by atoms with Crippen molar-refractivity contribution in [3.05, 3.63) is 43.6 Å². The van der Waals surface area contributed by atoms with Gasteiger partial charge in [0.05, 0.1) is 11.6 Å². The molecule has 19 heavy (non-hydrogen) atoms. The molecule has 7 nitrogen and oxygen atoms in total. The van der Waals surface area contributed by atoms with Crippen LogP contribution in [0.4, 0.5) is 5.82 Å². The summed E-state index contributed by atoms with van der Waals surface area (Å²) >= 11 is 6.92. The Morgan fingerprint density at radius 1 is 1.53 bits per heavy atom. The van der Waals surface area contributed by atoms with Gasteiger partial charge >= 0.3 is 4.87 Å². The maximum absolute atomic E-state index is 11.9. The second-order valence-corrected chi connectivity index (χ2v) is 4.78. The van der Waals surface area contributed by atoms with Gasteiger partial charge in [0.15, 0.2) is 0 Å². The highest BCUT2D eigenvalue weighted by Gasteiger charge is 2.13. The van der Waals surface area contributed by atoms with E-state index in [-0.39, 0.29) is 22.1 Å². The zero-order valence-electron chi connectivity index (χ0n) is 9.57. The SMILES string of the molecule is NNc1ccc(Cl)c(C(=O)NCc2csc(=O)[nH]2)n1. The molecule has 0 saturated carbocycles. The van der Waals surface area contributed by atoms with Gasteiger partial charge in [-0.15, -0.1) is 0 Å². The van der Waals surface area contributed by atoms with Crippen molar-refractivity contribution in [2.45, 2.75) is 6.54 Å². The normalized spacial score (nSPS) is 10.2. The van der Waals surface area contributed by atoms with Gasteiger partial charge in [-0.2, -0.15) is 0 Å². The number of carbonyl (C=O) groups is 1. The van der Waals surface area contributed by atoms with Crippen LogP contribution in [0.2, 0.25) is 5.02 Å². The first kappa shape index (κ1) is 13.5. The summed E-state index contributed by atoms with van der Waals surface area (Å²) < 4.78 is 0. The van der Waals surface area contributed by atoms with Gasteiger partial charge in [0, 0.05) is 11.1 Å². The minimum Gasteiger partial charge on any atom is -0.345 e. The maximum atomic E-state index is 11.9. The first-order valence-corrected chi connectivity index (χ1v) is 6.44. The Morgan fingerprint density at radius 2 is 2.32 bits per heavy atom. The number of aromatic nitrogens is 2. The molecule has 0 fully saturated rings. The summed E-state index contributed by atoms with van der Waals surface area (Å²) in [4.78, 5) is 29.2. The van der Waals surface area contributed by atoms with Crippen LogP contribution in [0.15, 0.2) is 22.3 Å². The largest absolute Gasteiger partial charge is 0.345 e. The molecule has 0 aromatic carbocycles. The number of amides is 1. The molecule has 2 aromatic heterocycles. The summed E-state index contributed by atoms with van der Waals surface area (Å²) in [5.41, 5.74) is 3.01. The lowest BCUT2D eigenvalue weighted by Crippen LogP contribution is -2.25. The zero-order chi connectivity index (χ0) is 13.8. The van der Waals surface area contributed by atoms with Gasteiger partial charge in [0.25, 0.3) is 5.91 Å². The van der Waals surface area contributed by atoms with Crippen LogP contribution >= 0.6 is 22.9 Å². The molecule has 0 atom stereocenters. The number of nitrogen functional groups attached to an aromatic ring is 1. The Balaban J connectivity index is 2.09. The van der Waals surface area contributed by atoms with Crippen LogP contribution in [0.25, 0.3) is 0 Å². The van der Waals surface area contributed by atoms with E-state index < -0.39 is 5.91 Å². The number of rotatable bonds is 4. The molecule has 1 amide bonds. The Morgan fingerprint density at radius 3 is 2.95 bits per heavy atom. The van der Waals surface area contributed by atoms with Crippen LogP contribution in [-0.2, 0) is 6.54 Å². The third-order valence-electron chi connectivity index (χ3n) is 2.22. The fraction of sp³-hybridized carbons (Fsp3) is 0.100. The average Bonchev–Trinajstić information content (AvgIpc) is 2.82. The highest BCUT2D eigenvalue weighted by atomic mass is 35.5. The van der Waals surface area contributed by atoms with Crippen molar-refractivity contribution in [3.63, 3.8) is 0 Å². The van der Waals surface area contributed by atoms with Crippen molar-refractivity contribution in [2.75, 3.05) is 5.43 Å². The van der Waals surface area contributed by atoms with E-state index in [0.717, 1.165) is 11.3 Å². The second-order valence-electron chi connectivity index (χ2n) is 3.53. The van der Waals surface area contributed by atoms with E-state index >= 15 is 0 Å². The van der Waals surface area contributed by atoms with E-state index in [1.807, 2.05) is 0 Å². The number of nitrogens with one attached hydrogen (secondary N) is 3. The number of aromatic amines is 1. The molecule has 2 rings (SSSR count). The van der Waals surface area contributed by atoms with E-state index in [4.69, 9.17) is 17.4 Å². The van der Waals surface area contributed by atoms with Gasteiger partial charge in [-0.05, 0) is 12.1 Å². The van der Waals surface area contributed by atoms with E-state index in [0.29, 0.717) is 11.5 Å². The van der Waals surface area contributed by atoms with Crippen LogP contribution < -0.4 is 21.5 Å². The average molecular weight is 300 g/mol. The molecule has 100 valence electrons. The van der Waals surface area contributed by atoms with Gasteiger partial charge in [-0.1, -0.05) is 22.9 Å². The van der Waals surface area contributed by atoms with Gasteiger partial charge in [-0.3, -0.25) is 9.59 Å². The summed E-state index contributed by atoms with van der Waals surface area (Å²) in [7, 11) is 0. The molecule has 0 radical (unpaired) electrons. The molecule has 0 saturated heterocycles. The third-order valence-corrected chi connectivity index (χ3v) is 3.24.